The molecule has 0 fully saturated rings. The van der Waals surface area contributed by atoms with Crippen LogP contribution in [0.3, 0.4) is 0 Å². The van der Waals surface area contributed by atoms with Crippen LogP contribution in [0.4, 0.5) is 0 Å². The van der Waals surface area contributed by atoms with E-state index in [9.17, 15) is 10.2 Å². The highest BCUT2D eigenvalue weighted by Crippen LogP contribution is 2.41. The average Bonchev–Trinajstić information content (AvgIpc) is 2.34. The number of aromatic hydroxyl groups is 2. The first kappa shape index (κ1) is 13.2. The molecule has 0 amide bonds. The molecule has 1 unspecified atom stereocenters. The van der Waals surface area contributed by atoms with E-state index in [0.717, 1.165) is 31.4 Å². The number of phenolic OH excluding ortho intramolecular Hbond substituents is 2. The Balaban J connectivity index is 2.29. The van der Waals surface area contributed by atoms with Crippen molar-refractivity contribution in [1.29, 1.82) is 0 Å². The van der Waals surface area contributed by atoms with Gasteiger partial charge in [0.05, 0.1) is 0 Å². The van der Waals surface area contributed by atoms with Crippen molar-refractivity contribution in [2.24, 2.45) is 0 Å². The molecule has 2 atom stereocenters. The zero-order valence-corrected chi connectivity index (χ0v) is 11.5. The Kier molecular flexibility index (Phi) is 3.81. The number of nitrogens with zero attached hydrogens (tertiary/aromatic N) is 1. The van der Waals surface area contributed by atoms with E-state index in [4.69, 9.17) is 0 Å². The van der Waals surface area contributed by atoms with Crippen LogP contribution in [-0.2, 0) is 6.42 Å². The van der Waals surface area contributed by atoms with Crippen LogP contribution in [0.25, 0.3) is 0 Å². The predicted octanol–water partition coefficient (Wildman–Crippen LogP) is 2.86. The van der Waals surface area contributed by atoms with Crippen molar-refractivity contribution < 1.29 is 10.2 Å². The summed E-state index contributed by atoms with van der Waals surface area (Å²) in [5, 5.41) is 19.5. The number of likely N-dealkylation sites (N-methyl/N-ethyl adjacent to an activating group) is 1. The number of hydrogen-bond acceptors (Lipinski definition) is 3. The largest absolute Gasteiger partial charge is 0.504 e. The van der Waals surface area contributed by atoms with Crippen molar-refractivity contribution in [3.8, 4) is 11.5 Å². The Hall–Kier alpha value is -1.22. The van der Waals surface area contributed by atoms with Gasteiger partial charge in [-0.1, -0.05) is 19.9 Å². The van der Waals surface area contributed by atoms with Gasteiger partial charge in [-0.2, -0.15) is 0 Å². The van der Waals surface area contributed by atoms with Gasteiger partial charge in [0, 0.05) is 11.6 Å². The summed E-state index contributed by atoms with van der Waals surface area (Å²) in [5.74, 6) is 0.481. The molecule has 1 aromatic rings. The highest BCUT2D eigenvalue weighted by atomic mass is 16.3. The van der Waals surface area contributed by atoms with Gasteiger partial charge >= 0.3 is 0 Å². The molecular weight excluding hydrogens is 226 g/mol. The van der Waals surface area contributed by atoms with Crippen molar-refractivity contribution in [3.63, 3.8) is 0 Å². The molecule has 2 rings (SSSR count). The fraction of sp³-hybridized carbons (Fsp3) is 0.600. The summed E-state index contributed by atoms with van der Waals surface area (Å²) < 4.78 is 0. The molecule has 0 aliphatic heterocycles. The van der Waals surface area contributed by atoms with Gasteiger partial charge < -0.3 is 15.1 Å². The lowest BCUT2D eigenvalue weighted by Crippen LogP contribution is -2.39. The maximum atomic E-state index is 9.93. The molecule has 100 valence electrons. The van der Waals surface area contributed by atoms with Crippen LogP contribution in [0.5, 0.6) is 11.5 Å². The van der Waals surface area contributed by atoms with E-state index in [2.05, 4.69) is 25.8 Å². The molecule has 0 spiro atoms. The molecule has 3 heteroatoms. The van der Waals surface area contributed by atoms with Crippen molar-refractivity contribution in [3.05, 3.63) is 23.3 Å². The topological polar surface area (TPSA) is 43.7 Å². The number of phenols is 2. The third-order valence-electron chi connectivity index (χ3n) is 4.20. The Labute approximate surface area is 109 Å². The zero-order valence-electron chi connectivity index (χ0n) is 11.5. The third kappa shape index (κ3) is 2.19. The van der Waals surface area contributed by atoms with Gasteiger partial charge in [0.2, 0.25) is 0 Å². The maximum absolute atomic E-state index is 9.93. The van der Waals surface area contributed by atoms with Gasteiger partial charge in [-0.05, 0) is 50.4 Å². The average molecular weight is 249 g/mol. The minimum absolute atomic E-state index is 0.00122. The van der Waals surface area contributed by atoms with Crippen molar-refractivity contribution in [2.45, 2.75) is 45.1 Å². The number of fused-ring (bicyclic) bond motifs is 1. The molecule has 0 aromatic heterocycles. The lowest BCUT2D eigenvalue weighted by atomic mass is 9.79. The number of benzene rings is 1. The lowest BCUT2D eigenvalue weighted by molar-refractivity contribution is 0.195. The van der Waals surface area contributed by atoms with Gasteiger partial charge in [0.25, 0.3) is 0 Å². The van der Waals surface area contributed by atoms with Gasteiger partial charge in [-0.25, -0.2) is 0 Å². The first-order valence-corrected chi connectivity index (χ1v) is 6.80. The summed E-state index contributed by atoms with van der Waals surface area (Å²) in [6.07, 6.45) is 3.05. The molecule has 0 saturated carbocycles. The van der Waals surface area contributed by atoms with E-state index >= 15 is 0 Å². The summed E-state index contributed by atoms with van der Waals surface area (Å²) in [6.45, 7) is 5.52. The third-order valence-corrected chi connectivity index (χ3v) is 4.20. The molecule has 1 aromatic carbocycles. The summed E-state index contributed by atoms with van der Waals surface area (Å²) in [7, 11) is 2.18. The van der Waals surface area contributed by atoms with Crippen LogP contribution in [0.15, 0.2) is 12.1 Å². The highest BCUT2D eigenvalue weighted by Gasteiger charge is 2.30. The van der Waals surface area contributed by atoms with Gasteiger partial charge in [0.15, 0.2) is 11.5 Å². The van der Waals surface area contributed by atoms with E-state index in [-0.39, 0.29) is 11.5 Å². The Morgan fingerprint density at radius 3 is 2.72 bits per heavy atom. The highest BCUT2D eigenvalue weighted by molar-refractivity contribution is 5.51. The quantitative estimate of drug-likeness (QED) is 0.810. The van der Waals surface area contributed by atoms with Crippen LogP contribution in [0, 0.1) is 0 Å². The van der Waals surface area contributed by atoms with Crippen LogP contribution in [0.2, 0.25) is 0 Å². The molecule has 0 heterocycles. The van der Waals surface area contributed by atoms with E-state index in [1.807, 2.05) is 6.07 Å². The van der Waals surface area contributed by atoms with E-state index in [1.165, 1.54) is 5.56 Å². The molecule has 1 aliphatic rings. The molecule has 2 N–H and O–H groups in total. The molecule has 0 radical (unpaired) electrons. The monoisotopic (exact) mass is 249 g/mol. The van der Waals surface area contributed by atoms with Crippen LogP contribution < -0.4 is 0 Å². The second-order valence-corrected chi connectivity index (χ2v) is 5.38. The van der Waals surface area contributed by atoms with Gasteiger partial charge in [0.1, 0.15) is 0 Å². The fourth-order valence-corrected chi connectivity index (χ4v) is 3.20. The summed E-state index contributed by atoms with van der Waals surface area (Å²) in [6, 6.07) is 4.09. The zero-order chi connectivity index (χ0) is 13.3. The summed E-state index contributed by atoms with van der Waals surface area (Å²) in [4.78, 5) is 2.41. The minimum atomic E-state index is 0.00122. The van der Waals surface area contributed by atoms with Crippen LogP contribution >= 0.6 is 0 Å². The van der Waals surface area contributed by atoms with E-state index in [0.29, 0.717) is 12.0 Å². The maximum Gasteiger partial charge on any atom is 0.160 e. The molecule has 18 heavy (non-hydrogen) atoms. The molecule has 3 nitrogen and oxygen atoms in total. The predicted molar refractivity (Wildman–Crippen MR) is 73.2 cm³/mol. The van der Waals surface area contributed by atoms with E-state index < -0.39 is 0 Å². The Morgan fingerprint density at radius 2 is 2.06 bits per heavy atom. The van der Waals surface area contributed by atoms with Gasteiger partial charge in [-0.3, -0.25) is 0 Å². The number of hydrogen-bond donors (Lipinski definition) is 2. The van der Waals surface area contributed by atoms with Crippen molar-refractivity contribution in [1.82, 2.24) is 4.90 Å². The van der Waals surface area contributed by atoms with Crippen LogP contribution in [-0.4, -0.2) is 34.7 Å². The van der Waals surface area contributed by atoms with Gasteiger partial charge in [-0.15, -0.1) is 0 Å². The number of rotatable bonds is 3. The fourth-order valence-electron chi connectivity index (χ4n) is 3.20. The van der Waals surface area contributed by atoms with Crippen LogP contribution in [0.1, 0.15) is 43.7 Å². The lowest BCUT2D eigenvalue weighted by Gasteiger charge is -2.37. The molecule has 0 saturated heterocycles. The molecule has 1 aliphatic carbocycles. The minimum Gasteiger partial charge on any atom is -0.504 e. The summed E-state index contributed by atoms with van der Waals surface area (Å²) in [5.41, 5.74) is 2.12. The molecule has 0 bridgehead atoms. The second-order valence-electron chi connectivity index (χ2n) is 5.38. The first-order chi connectivity index (χ1) is 8.56. The first-order valence-electron chi connectivity index (χ1n) is 6.80. The smallest absolute Gasteiger partial charge is 0.160 e. The van der Waals surface area contributed by atoms with Crippen molar-refractivity contribution in [2.75, 3.05) is 13.6 Å². The normalized spacial score (nSPS) is 23.1. The Morgan fingerprint density at radius 1 is 1.33 bits per heavy atom. The standard InChI is InChI=1S/C15H23NO2/c1-4-9-16(3)13-7-5-12-11(10(13)2)6-8-14(17)15(12)18/h6,8,10,13,17-18H,4-5,7,9H2,1-3H3/t10?,13-/m0/s1. The molecular formula is C15H23NO2. The SMILES string of the molecule is CCCN(C)[C@H]1CCc2c(ccc(O)c2O)C1C. The summed E-state index contributed by atoms with van der Waals surface area (Å²) >= 11 is 0. The Bertz CT molecular complexity index is 431. The van der Waals surface area contributed by atoms with Crippen molar-refractivity contribution >= 4 is 0 Å². The second kappa shape index (κ2) is 5.19. The van der Waals surface area contributed by atoms with E-state index in [1.54, 1.807) is 6.07 Å².